The summed E-state index contributed by atoms with van der Waals surface area (Å²) >= 11 is 0. The molecule has 0 radical (unpaired) electrons. The monoisotopic (exact) mass is 393 g/mol. The summed E-state index contributed by atoms with van der Waals surface area (Å²) < 4.78 is 62.3. The molecule has 142 valence electrons. The lowest BCUT2D eigenvalue weighted by Crippen LogP contribution is -2.31. The number of aryl methyl sites for hydroxylation is 1. The van der Waals surface area contributed by atoms with E-state index >= 15 is 0 Å². The van der Waals surface area contributed by atoms with E-state index in [0.717, 1.165) is 12.1 Å². The molecule has 0 aliphatic heterocycles. The molecule has 1 aromatic heterocycles. The van der Waals surface area contributed by atoms with Crippen LogP contribution < -0.4 is 9.46 Å². The predicted octanol–water partition coefficient (Wildman–Crippen LogP) is 2.77. The van der Waals surface area contributed by atoms with Crippen LogP contribution in [0.1, 0.15) is 17.4 Å². The lowest BCUT2D eigenvalue weighted by atomic mass is 10.1. The van der Waals surface area contributed by atoms with Gasteiger partial charge in [0.25, 0.3) is 0 Å². The molecule has 27 heavy (non-hydrogen) atoms. The smallest absolute Gasteiger partial charge is 0.244 e. The summed E-state index contributed by atoms with van der Waals surface area (Å²) in [5.74, 6) is -1.01. The van der Waals surface area contributed by atoms with Crippen LogP contribution in [0.15, 0.2) is 59.8 Å². The number of ether oxygens (including phenoxy) is 1. The Balaban J connectivity index is 2.09. The normalized spacial score (nSPS) is 12.7. The average Bonchev–Trinajstić information content (AvgIpc) is 3.07. The van der Waals surface area contributed by atoms with Gasteiger partial charge in [0, 0.05) is 19.4 Å². The van der Waals surface area contributed by atoms with E-state index in [1.807, 2.05) is 0 Å². The summed E-state index contributed by atoms with van der Waals surface area (Å²) in [6, 6.07) is 8.06. The maximum atomic E-state index is 14.0. The average molecular weight is 393 g/mol. The van der Waals surface area contributed by atoms with Gasteiger partial charge < -0.3 is 9.30 Å². The topological polar surface area (TPSA) is 73.2 Å². The van der Waals surface area contributed by atoms with Crippen molar-refractivity contribution >= 4 is 10.0 Å². The first-order chi connectivity index (χ1) is 12.8. The van der Waals surface area contributed by atoms with Gasteiger partial charge in [-0.05, 0) is 35.9 Å². The molecule has 1 atom stereocenters. The highest BCUT2D eigenvalue weighted by Gasteiger charge is 2.28. The second kappa shape index (κ2) is 7.45. The Morgan fingerprint density at radius 3 is 2.63 bits per heavy atom. The van der Waals surface area contributed by atoms with Gasteiger partial charge in [0.1, 0.15) is 34.1 Å². The van der Waals surface area contributed by atoms with Gasteiger partial charge in [0.2, 0.25) is 10.0 Å². The van der Waals surface area contributed by atoms with Crippen LogP contribution in [0, 0.1) is 11.6 Å². The molecule has 2 aromatic carbocycles. The molecule has 0 aliphatic carbocycles. The van der Waals surface area contributed by atoms with Crippen molar-refractivity contribution in [3.8, 4) is 5.75 Å². The largest absolute Gasteiger partial charge is 0.497 e. The molecular weight excluding hydrogens is 376 g/mol. The van der Waals surface area contributed by atoms with E-state index in [0.29, 0.717) is 23.2 Å². The fourth-order valence-corrected chi connectivity index (χ4v) is 3.92. The molecule has 1 N–H and O–H groups in total. The first kappa shape index (κ1) is 19.0. The van der Waals surface area contributed by atoms with Gasteiger partial charge in [0.05, 0.1) is 7.11 Å². The number of hydrogen-bond donors (Lipinski definition) is 1. The molecular formula is C18H17F2N3O3S. The van der Waals surface area contributed by atoms with Crippen molar-refractivity contribution in [2.24, 2.45) is 7.05 Å². The highest BCUT2D eigenvalue weighted by atomic mass is 32.2. The van der Waals surface area contributed by atoms with Crippen molar-refractivity contribution in [3.63, 3.8) is 0 Å². The van der Waals surface area contributed by atoms with Gasteiger partial charge in [-0.25, -0.2) is 22.2 Å². The lowest BCUT2D eigenvalue weighted by molar-refractivity contribution is 0.413. The third kappa shape index (κ3) is 3.99. The van der Waals surface area contributed by atoms with Crippen molar-refractivity contribution in [3.05, 3.63) is 77.9 Å². The van der Waals surface area contributed by atoms with E-state index < -0.39 is 32.6 Å². The highest BCUT2D eigenvalue weighted by molar-refractivity contribution is 7.89. The predicted molar refractivity (Wildman–Crippen MR) is 94.7 cm³/mol. The molecule has 0 aliphatic rings. The Morgan fingerprint density at radius 2 is 1.96 bits per heavy atom. The Labute approximate surface area is 155 Å². The third-order valence-electron chi connectivity index (χ3n) is 4.00. The first-order valence-electron chi connectivity index (χ1n) is 7.90. The molecule has 9 heteroatoms. The van der Waals surface area contributed by atoms with Gasteiger partial charge >= 0.3 is 0 Å². The van der Waals surface area contributed by atoms with Crippen LogP contribution in [-0.2, 0) is 17.1 Å². The van der Waals surface area contributed by atoms with Crippen LogP contribution in [0.5, 0.6) is 5.75 Å². The molecule has 0 saturated carbocycles. The fourth-order valence-electron chi connectivity index (χ4n) is 2.65. The number of nitrogens with one attached hydrogen (secondary N) is 1. The lowest BCUT2D eigenvalue weighted by Gasteiger charge is -2.20. The zero-order chi connectivity index (χ0) is 19.6. The van der Waals surface area contributed by atoms with Crippen LogP contribution in [-0.4, -0.2) is 25.1 Å². The minimum absolute atomic E-state index is 0.378. The minimum Gasteiger partial charge on any atom is -0.497 e. The third-order valence-corrected chi connectivity index (χ3v) is 5.44. The molecule has 3 rings (SSSR count). The molecule has 1 heterocycles. The van der Waals surface area contributed by atoms with Crippen LogP contribution >= 0.6 is 0 Å². The highest BCUT2D eigenvalue weighted by Crippen LogP contribution is 2.27. The van der Waals surface area contributed by atoms with E-state index in [2.05, 4.69) is 9.71 Å². The van der Waals surface area contributed by atoms with Crippen LogP contribution in [0.4, 0.5) is 8.78 Å². The quantitative estimate of drug-likeness (QED) is 0.699. The molecule has 0 spiro atoms. The molecule has 6 nitrogen and oxygen atoms in total. The summed E-state index contributed by atoms with van der Waals surface area (Å²) in [7, 11) is -1.19. The number of hydrogen-bond acceptors (Lipinski definition) is 4. The number of sulfonamides is 1. The van der Waals surface area contributed by atoms with Crippen molar-refractivity contribution in [2.45, 2.75) is 10.9 Å². The maximum absolute atomic E-state index is 14.0. The maximum Gasteiger partial charge on any atom is 0.244 e. The van der Waals surface area contributed by atoms with Gasteiger partial charge in [-0.2, -0.15) is 4.72 Å². The van der Waals surface area contributed by atoms with Crippen LogP contribution in [0.3, 0.4) is 0 Å². The molecule has 0 bridgehead atoms. The minimum atomic E-state index is -4.38. The van der Waals surface area contributed by atoms with Crippen molar-refractivity contribution in [1.82, 2.24) is 14.3 Å². The van der Waals surface area contributed by atoms with E-state index in [9.17, 15) is 17.2 Å². The second-order valence-corrected chi connectivity index (χ2v) is 7.48. The summed E-state index contributed by atoms with van der Waals surface area (Å²) in [6.07, 6.45) is 3.17. The number of imidazole rings is 1. The Morgan fingerprint density at radius 1 is 1.19 bits per heavy atom. The number of nitrogens with zero attached hydrogens (tertiary/aromatic N) is 2. The number of benzene rings is 2. The van der Waals surface area contributed by atoms with E-state index in [1.54, 1.807) is 42.1 Å². The van der Waals surface area contributed by atoms with Crippen molar-refractivity contribution < 1.29 is 21.9 Å². The molecule has 3 aromatic rings. The zero-order valence-electron chi connectivity index (χ0n) is 14.6. The first-order valence-corrected chi connectivity index (χ1v) is 9.38. The number of methoxy groups -OCH3 is 1. The van der Waals surface area contributed by atoms with Crippen molar-refractivity contribution in [2.75, 3.05) is 7.11 Å². The van der Waals surface area contributed by atoms with Crippen molar-refractivity contribution in [1.29, 1.82) is 0 Å². The summed E-state index contributed by atoms with van der Waals surface area (Å²) in [5.41, 5.74) is 0.532. The van der Waals surface area contributed by atoms with Crippen LogP contribution in [0.2, 0.25) is 0 Å². The Kier molecular flexibility index (Phi) is 5.24. The van der Waals surface area contributed by atoms with E-state index in [-0.39, 0.29) is 0 Å². The SMILES string of the molecule is COc1cccc(C(NS(=O)(=O)c2cc(F)ccc2F)c2nccn2C)c1. The van der Waals surface area contributed by atoms with E-state index in [1.165, 1.54) is 13.3 Å². The number of rotatable bonds is 6. The second-order valence-electron chi connectivity index (χ2n) is 5.80. The summed E-state index contributed by atoms with van der Waals surface area (Å²) in [4.78, 5) is 3.42. The van der Waals surface area contributed by atoms with E-state index in [4.69, 9.17) is 4.74 Å². The van der Waals surface area contributed by atoms with Gasteiger partial charge in [-0.15, -0.1) is 0 Å². The number of halogens is 2. The molecule has 0 saturated heterocycles. The Bertz CT molecular complexity index is 1070. The number of aromatic nitrogens is 2. The van der Waals surface area contributed by atoms with Gasteiger partial charge in [-0.1, -0.05) is 12.1 Å². The zero-order valence-corrected chi connectivity index (χ0v) is 15.4. The summed E-state index contributed by atoms with van der Waals surface area (Å²) in [5, 5.41) is 0. The Hall–Kier alpha value is -2.78. The molecule has 0 fully saturated rings. The fraction of sp³-hybridized carbons (Fsp3) is 0.167. The van der Waals surface area contributed by atoms with Gasteiger partial charge in [0.15, 0.2) is 0 Å². The summed E-state index contributed by atoms with van der Waals surface area (Å²) in [6.45, 7) is 0. The van der Waals surface area contributed by atoms with Gasteiger partial charge in [-0.3, -0.25) is 0 Å². The standard InChI is InChI=1S/C18H17F2N3O3S/c1-23-9-8-21-18(23)17(12-4-3-5-14(10-12)26-2)22-27(24,25)16-11-13(19)6-7-15(16)20/h3-11,17,22H,1-2H3. The molecule has 0 amide bonds. The molecule has 1 unspecified atom stereocenters. The van der Waals surface area contributed by atoms with Crippen LogP contribution in [0.25, 0.3) is 0 Å².